The zero-order chi connectivity index (χ0) is 19.5. The molecule has 0 aliphatic heterocycles. The molecule has 2 atom stereocenters. The fraction of sp³-hybridized carbons (Fsp3) is 0.556. The van der Waals surface area contributed by atoms with Crippen molar-refractivity contribution in [1.82, 2.24) is 0 Å². The molecule has 2 unspecified atom stereocenters. The van der Waals surface area contributed by atoms with Gasteiger partial charge < -0.3 is 0 Å². The van der Waals surface area contributed by atoms with Crippen LogP contribution in [-0.2, 0) is 0 Å². The van der Waals surface area contributed by atoms with Gasteiger partial charge in [-0.2, -0.15) is 0 Å². The molecule has 0 saturated heterocycles. The summed E-state index contributed by atoms with van der Waals surface area (Å²) in [6.07, 6.45) is 14.9. The summed E-state index contributed by atoms with van der Waals surface area (Å²) in [5.41, 5.74) is 5.17. The lowest BCUT2D eigenvalue weighted by atomic mass is 9.93. The van der Waals surface area contributed by atoms with E-state index in [1.54, 1.807) is 11.1 Å². The normalized spacial score (nSPS) is 28.4. The molecule has 2 aromatic carbocycles. The Kier molecular flexibility index (Phi) is 6.43. The van der Waals surface area contributed by atoms with E-state index >= 15 is 0 Å². The van der Waals surface area contributed by atoms with Crippen LogP contribution in [0.5, 0.6) is 0 Å². The van der Waals surface area contributed by atoms with Gasteiger partial charge in [-0.3, -0.25) is 0 Å². The number of hydrogen-bond donors (Lipinski definition) is 0. The summed E-state index contributed by atoms with van der Waals surface area (Å²) in [5, 5.41) is 0. The highest BCUT2D eigenvalue weighted by atomic mass is 31.1. The fourth-order valence-electron chi connectivity index (χ4n) is 6.23. The maximum atomic E-state index is 2.97. The van der Waals surface area contributed by atoms with E-state index in [0.717, 1.165) is 17.1 Å². The molecule has 3 fully saturated rings. The zero-order valence-corrected chi connectivity index (χ0v) is 18.7. The zero-order valence-electron chi connectivity index (χ0n) is 17.8. The van der Waals surface area contributed by atoms with E-state index in [9.17, 15) is 0 Å². The van der Waals surface area contributed by atoms with E-state index in [1.165, 1.54) is 64.2 Å². The molecule has 0 spiro atoms. The molecule has 0 amide bonds. The topological polar surface area (TPSA) is 0 Å². The predicted molar refractivity (Wildman–Crippen MR) is 129 cm³/mol. The molecule has 3 saturated carbocycles. The molecule has 0 bridgehead atoms. The van der Waals surface area contributed by atoms with Gasteiger partial charge in [0.15, 0.2) is 7.00 Å². The van der Waals surface area contributed by atoms with Crippen LogP contribution in [0.3, 0.4) is 0 Å². The van der Waals surface area contributed by atoms with Gasteiger partial charge in [-0.15, -0.1) is 7.80 Å². The summed E-state index contributed by atoms with van der Waals surface area (Å²) in [5.74, 6) is 2.17. The van der Waals surface area contributed by atoms with Crippen molar-refractivity contribution in [3.05, 3.63) is 71.8 Å². The van der Waals surface area contributed by atoms with Crippen molar-refractivity contribution in [2.45, 2.75) is 93.2 Å². The van der Waals surface area contributed by atoms with Crippen molar-refractivity contribution >= 4 is 14.8 Å². The Morgan fingerprint density at radius 1 is 0.552 bits per heavy atom. The lowest BCUT2D eigenvalue weighted by Crippen LogP contribution is -2.23. The largest absolute Gasteiger partial charge is 0.152 e. The van der Waals surface area contributed by atoms with E-state index in [0.29, 0.717) is 11.8 Å². The average Bonchev–Trinajstić information content (AvgIpc) is 3.54. The first-order chi connectivity index (χ1) is 14.4. The third-order valence-corrected chi connectivity index (χ3v) is 11.2. The SMILES string of the molecule is [B](C1C(c2ccccc2)C1c1ccccc1)P(C1CCCCC1)C1CCCCC1. The predicted octanol–water partition coefficient (Wildman–Crippen LogP) is 8.12. The van der Waals surface area contributed by atoms with Crippen LogP contribution >= 0.6 is 7.80 Å². The Morgan fingerprint density at radius 2 is 0.966 bits per heavy atom. The smallest absolute Gasteiger partial charge is 0.141 e. The quantitative estimate of drug-likeness (QED) is 0.339. The van der Waals surface area contributed by atoms with Crippen LogP contribution in [0.4, 0.5) is 0 Å². The molecule has 2 heteroatoms. The summed E-state index contributed by atoms with van der Waals surface area (Å²) in [7, 11) is 0.0671. The molecule has 0 N–H and O–H groups in total. The summed E-state index contributed by atoms with van der Waals surface area (Å²) in [6, 6.07) is 22.8. The van der Waals surface area contributed by atoms with E-state index in [1.807, 2.05) is 0 Å². The fourth-order valence-corrected chi connectivity index (χ4v) is 10.0. The van der Waals surface area contributed by atoms with E-state index in [4.69, 9.17) is 0 Å². The Morgan fingerprint density at radius 3 is 1.38 bits per heavy atom. The van der Waals surface area contributed by atoms with Crippen LogP contribution in [0.2, 0.25) is 5.82 Å². The molecule has 1 radical (unpaired) electrons. The van der Waals surface area contributed by atoms with Crippen molar-refractivity contribution in [3.8, 4) is 0 Å². The third kappa shape index (κ3) is 4.51. The van der Waals surface area contributed by atoms with Gasteiger partial charge in [-0.05, 0) is 65.8 Å². The summed E-state index contributed by atoms with van der Waals surface area (Å²) < 4.78 is 0. The molecule has 3 aliphatic rings. The molecule has 5 rings (SSSR count). The molecule has 151 valence electrons. The van der Waals surface area contributed by atoms with Gasteiger partial charge >= 0.3 is 0 Å². The molecule has 29 heavy (non-hydrogen) atoms. The molecule has 2 aromatic rings. The van der Waals surface area contributed by atoms with Crippen molar-refractivity contribution in [1.29, 1.82) is 0 Å². The lowest BCUT2D eigenvalue weighted by Gasteiger charge is -2.39. The van der Waals surface area contributed by atoms with Crippen molar-refractivity contribution in [2.75, 3.05) is 0 Å². The highest BCUT2D eigenvalue weighted by molar-refractivity contribution is 7.87. The van der Waals surface area contributed by atoms with Crippen LogP contribution in [0.15, 0.2) is 60.7 Å². The van der Waals surface area contributed by atoms with Crippen molar-refractivity contribution < 1.29 is 0 Å². The van der Waals surface area contributed by atoms with Gasteiger partial charge in [0.25, 0.3) is 0 Å². The summed E-state index contributed by atoms with van der Waals surface area (Å²) >= 11 is 0. The van der Waals surface area contributed by atoms with Gasteiger partial charge in [-0.1, -0.05) is 99.2 Å². The van der Waals surface area contributed by atoms with Crippen LogP contribution in [0.25, 0.3) is 0 Å². The number of benzene rings is 2. The molecular formula is C27H35BP. The van der Waals surface area contributed by atoms with Gasteiger partial charge in [0, 0.05) is 0 Å². The number of rotatable bonds is 6. The van der Waals surface area contributed by atoms with Crippen LogP contribution in [0.1, 0.15) is 87.2 Å². The first-order valence-electron chi connectivity index (χ1n) is 12.1. The summed E-state index contributed by atoms with van der Waals surface area (Å²) in [4.78, 5) is 0. The maximum absolute atomic E-state index is 2.97. The maximum Gasteiger partial charge on any atom is 0.152 e. The van der Waals surface area contributed by atoms with Crippen LogP contribution in [-0.4, -0.2) is 18.3 Å². The van der Waals surface area contributed by atoms with Crippen LogP contribution < -0.4 is 0 Å². The molecule has 3 aliphatic carbocycles. The van der Waals surface area contributed by atoms with Crippen LogP contribution in [0, 0.1) is 0 Å². The molecule has 0 heterocycles. The molecule has 0 aromatic heterocycles. The highest BCUT2D eigenvalue weighted by Gasteiger charge is 2.53. The minimum atomic E-state index is 0.0671. The minimum absolute atomic E-state index is 0.0671. The van der Waals surface area contributed by atoms with E-state index in [-0.39, 0.29) is 7.80 Å². The summed E-state index contributed by atoms with van der Waals surface area (Å²) in [6.45, 7) is 2.97. The Bertz CT molecular complexity index is 685. The van der Waals surface area contributed by atoms with Crippen molar-refractivity contribution in [3.63, 3.8) is 0 Å². The highest BCUT2D eigenvalue weighted by Crippen LogP contribution is 2.70. The van der Waals surface area contributed by atoms with Gasteiger partial charge in [0.2, 0.25) is 0 Å². The average molecular weight is 401 g/mol. The van der Waals surface area contributed by atoms with E-state index < -0.39 is 0 Å². The van der Waals surface area contributed by atoms with Gasteiger partial charge in [0.1, 0.15) is 0 Å². The Labute approximate surface area is 179 Å². The molecule has 0 nitrogen and oxygen atoms in total. The third-order valence-electron chi connectivity index (χ3n) is 7.78. The Hall–Kier alpha value is -1.07. The molecular weight excluding hydrogens is 366 g/mol. The second-order valence-corrected chi connectivity index (χ2v) is 12.3. The second kappa shape index (κ2) is 9.39. The Balaban J connectivity index is 1.39. The number of hydrogen-bond acceptors (Lipinski definition) is 0. The first-order valence-corrected chi connectivity index (χ1v) is 13.7. The standard InChI is InChI=1S/C27H35BP/c1-5-13-21(14-6-1)25-26(22-15-7-2-8-16-22)27(25)28-29(23-17-9-3-10-18-23)24-19-11-4-12-20-24/h1-2,5-8,13-16,23-27H,3-4,9-12,17-20H2. The minimum Gasteiger partial charge on any atom is -0.141 e. The van der Waals surface area contributed by atoms with E-state index in [2.05, 4.69) is 67.7 Å². The second-order valence-electron chi connectivity index (χ2n) is 9.63. The lowest BCUT2D eigenvalue weighted by molar-refractivity contribution is 0.488. The van der Waals surface area contributed by atoms with Gasteiger partial charge in [0.05, 0.1) is 0 Å². The monoisotopic (exact) mass is 401 g/mol. The first kappa shape index (κ1) is 19.9. The van der Waals surface area contributed by atoms with Gasteiger partial charge in [-0.25, -0.2) is 0 Å². The van der Waals surface area contributed by atoms with Crippen molar-refractivity contribution in [2.24, 2.45) is 0 Å².